The van der Waals surface area contributed by atoms with E-state index < -0.39 is 6.09 Å². The van der Waals surface area contributed by atoms with Gasteiger partial charge in [0.25, 0.3) is 0 Å². The first-order valence-corrected chi connectivity index (χ1v) is 8.24. The highest BCUT2D eigenvalue weighted by molar-refractivity contribution is 5.65. The molecule has 126 valence electrons. The first-order valence-electron chi connectivity index (χ1n) is 8.24. The van der Waals surface area contributed by atoms with Crippen LogP contribution in [0, 0.1) is 0 Å². The number of carboxylic acid groups (broad SMARTS) is 1. The molecule has 0 bridgehead atoms. The summed E-state index contributed by atoms with van der Waals surface area (Å²) in [6.07, 6.45) is -0.823. The average molecular weight is 325 g/mol. The van der Waals surface area contributed by atoms with Gasteiger partial charge in [-0.25, -0.2) is 4.79 Å². The highest BCUT2D eigenvalue weighted by Crippen LogP contribution is 2.22. The van der Waals surface area contributed by atoms with Crippen LogP contribution in [0.3, 0.4) is 0 Å². The van der Waals surface area contributed by atoms with E-state index >= 15 is 0 Å². The third-order valence-corrected chi connectivity index (χ3v) is 4.47. The van der Waals surface area contributed by atoms with Gasteiger partial charge < -0.3 is 15.7 Å². The number of hydrogen-bond donors (Lipinski definition) is 2. The van der Waals surface area contributed by atoms with Crippen LogP contribution in [0.4, 0.5) is 4.79 Å². The number of amides is 1. The first kappa shape index (κ1) is 16.5. The molecule has 1 aliphatic rings. The molecule has 0 atom stereocenters. The number of nitrogens with two attached hydrogens (primary N) is 1. The van der Waals surface area contributed by atoms with Crippen molar-refractivity contribution in [2.24, 2.45) is 5.73 Å². The third kappa shape index (κ3) is 3.93. The molecule has 0 radical (unpaired) electrons. The van der Waals surface area contributed by atoms with E-state index in [1.165, 1.54) is 21.6 Å². The predicted molar refractivity (Wildman–Crippen MR) is 94.6 cm³/mol. The molecule has 1 aliphatic heterocycles. The summed E-state index contributed by atoms with van der Waals surface area (Å²) in [5.41, 5.74) is 10.5. The fraction of sp³-hybridized carbons (Fsp3) is 0.316. The van der Waals surface area contributed by atoms with E-state index in [0.29, 0.717) is 19.6 Å². The molecule has 1 amide bonds. The Bertz CT molecular complexity index is 709. The van der Waals surface area contributed by atoms with Gasteiger partial charge in [-0.15, -0.1) is 0 Å². The van der Waals surface area contributed by atoms with E-state index in [1.807, 2.05) is 12.1 Å². The molecule has 24 heavy (non-hydrogen) atoms. The third-order valence-electron chi connectivity index (χ3n) is 4.47. The summed E-state index contributed by atoms with van der Waals surface area (Å²) in [4.78, 5) is 14.7. The zero-order valence-corrected chi connectivity index (χ0v) is 13.7. The average Bonchev–Trinajstić information content (AvgIpc) is 2.62. The summed E-state index contributed by atoms with van der Waals surface area (Å²) in [6, 6.07) is 16.8. The quantitative estimate of drug-likeness (QED) is 0.906. The monoisotopic (exact) mass is 325 g/mol. The molecule has 3 N–H and O–H groups in total. The summed E-state index contributed by atoms with van der Waals surface area (Å²) in [5, 5.41) is 9.02. The molecule has 5 heteroatoms. The molecule has 0 spiro atoms. The minimum Gasteiger partial charge on any atom is -0.465 e. The van der Waals surface area contributed by atoms with Gasteiger partial charge in [0.15, 0.2) is 0 Å². The molecule has 1 saturated heterocycles. The van der Waals surface area contributed by atoms with Crippen LogP contribution in [0.1, 0.15) is 11.1 Å². The number of piperazine rings is 1. The van der Waals surface area contributed by atoms with Crippen LogP contribution in [0.5, 0.6) is 0 Å². The Morgan fingerprint density at radius 3 is 2.12 bits per heavy atom. The molecule has 1 heterocycles. The minimum atomic E-state index is -0.823. The van der Waals surface area contributed by atoms with Gasteiger partial charge in [-0.05, 0) is 34.4 Å². The number of rotatable bonds is 4. The highest BCUT2D eigenvalue weighted by atomic mass is 16.4. The maximum atomic E-state index is 11.0. The number of benzene rings is 2. The number of hydrogen-bond acceptors (Lipinski definition) is 3. The smallest absolute Gasteiger partial charge is 0.407 e. The van der Waals surface area contributed by atoms with E-state index in [2.05, 4.69) is 41.3 Å². The van der Waals surface area contributed by atoms with Crippen molar-refractivity contribution in [3.63, 3.8) is 0 Å². The molecule has 5 nitrogen and oxygen atoms in total. The molecule has 2 aromatic carbocycles. The van der Waals surface area contributed by atoms with Crippen molar-refractivity contribution < 1.29 is 9.90 Å². The molecular weight excluding hydrogens is 302 g/mol. The predicted octanol–water partition coefficient (Wildman–Crippen LogP) is 2.61. The van der Waals surface area contributed by atoms with Crippen molar-refractivity contribution in [2.45, 2.75) is 13.1 Å². The SMILES string of the molecule is NCc1cccc(-c2cccc(CN3CCN(C(=O)O)CC3)c2)c1. The minimum absolute atomic E-state index is 0.543. The molecule has 0 aliphatic carbocycles. The lowest BCUT2D eigenvalue weighted by molar-refractivity contribution is 0.103. The van der Waals surface area contributed by atoms with E-state index in [0.717, 1.165) is 25.2 Å². The maximum absolute atomic E-state index is 11.0. The summed E-state index contributed by atoms with van der Waals surface area (Å²) in [5.74, 6) is 0. The van der Waals surface area contributed by atoms with Gasteiger partial charge in [-0.2, -0.15) is 0 Å². The Kier molecular flexibility index (Phi) is 5.13. The van der Waals surface area contributed by atoms with Gasteiger partial charge in [-0.1, -0.05) is 36.4 Å². The molecule has 0 saturated carbocycles. The van der Waals surface area contributed by atoms with Gasteiger partial charge in [0.2, 0.25) is 0 Å². The van der Waals surface area contributed by atoms with Crippen LogP contribution in [-0.4, -0.2) is 47.2 Å². The Morgan fingerprint density at radius 1 is 0.958 bits per heavy atom. The molecular formula is C19H23N3O2. The normalized spacial score (nSPS) is 15.5. The second-order valence-corrected chi connectivity index (χ2v) is 6.15. The fourth-order valence-electron chi connectivity index (χ4n) is 3.08. The van der Waals surface area contributed by atoms with Crippen molar-refractivity contribution in [3.05, 3.63) is 59.7 Å². The van der Waals surface area contributed by atoms with Gasteiger partial charge in [0.1, 0.15) is 0 Å². The standard InChI is InChI=1S/C19H23N3O2/c20-13-15-3-1-5-17(11-15)18-6-2-4-16(12-18)14-21-7-9-22(10-8-21)19(23)24/h1-6,11-12H,7-10,13-14,20H2,(H,23,24). The maximum Gasteiger partial charge on any atom is 0.407 e. The lowest BCUT2D eigenvalue weighted by atomic mass is 10.0. The Labute approximate surface area is 142 Å². The van der Waals surface area contributed by atoms with Gasteiger partial charge in [0, 0.05) is 39.3 Å². The van der Waals surface area contributed by atoms with Crippen LogP contribution < -0.4 is 5.73 Å². The van der Waals surface area contributed by atoms with Crippen LogP contribution in [-0.2, 0) is 13.1 Å². The van der Waals surface area contributed by atoms with E-state index in [9.17, 15) is 4.79 Å². The zero-order valence-electron chi connectivity index (χ0n) is 13.7. The number of carbonyl (C=O) groups is 1. The molecule has 2 aromatic rings. The number of nitrogens with zero attached hydrogens (tertiary/aromatic N) is 2. The van der Waals surface area contributed by atoms with Crippen LogP contribution in [0.15, 0.2) is 48.5 Å². The second kappa shape index (κ2) is 7.47. The summed E-state index contributed by atoms with van der Waals surface area (Å²) < 4.78 is 0. The van der Waals surface area contributed by atoms with E-state index in [-0.39, 0.29) is 0 Å². The molecule has 3 rings (SSSR count). The Balaban J connectivity index is 1.68. The lowest BCUT2D eigenvalue weighted by Crippen LogP contribution is -2.47. The van der Waals surface area contributed by atoms with E-state index in [1.54, 1.807) is 0 Å². The Morgan fingerprint density at radius 2 is 1.54 bits per heavy atom. The fourth-order valence-corrected chi connectivity index (χ4v) is 3.08. The lowest BCUT2D eigenvalue weighted by Gasteiger charge is -2.33. The van der Waals surface area contributed by atoms with E-state index in [4.69, 9.17) is 10.8 Å². The Hall–Kier alpha value is -2.37. The van der Waals surface area contributed by atoms with Crippen LogP contribution >= 0.6 is 0 Å². The van der Waals surface area contributed by atoms with Crippen LogP contribution in [0.2, 0.25) is 0 Å². The van der Waals surface area contributed by atoms with Crippen LogP contribution in [0.25, 0.3) is 11.1 Å². The topological polar surface area (TPSA) is 69.8 Å². The van der Waals surface area contributed by atoms with Crippen molar-refractivity contribution in [1.29, 1.82) is 0 Å². The van der Waals surface area contributed by atoms with Crippen molar-refractivity contribution in [1.82, 2.24) is 9.80 Å². The summed E-state index contributed by atoms with van der Waals surface area (Å²) >= 11 is 0. The second-order valence-electron chi connectivity index (χ2n) is 6.15. The van der Waals surface area contributed by atoms with Gasteiger partial charge >= 0.3 is 6.09 Å². The summed E-state index contributed by atoms with van der Waals surface area (Å²) in [6.45, 7) is 4.10. The molecule has 1 fully saturated rings. The largest absolute Gasteiger partial charge is 0.465 e. The molecule has 0 unspecified atom stereocenters. The van der Waals surface area contributed by atoms with Crippen molar-refractivity contribution >= 4 is 6.09 Å². The van der Waals surface area contributed by atoms with Gasteiger partial charge in [0.05, 0.1) is 0 Å². The summed E-state index contributed by atoms with van der Waals surface area (Å²) in [7, 11) is 0. The zero-order chi connectivity index (χ0) is 16.9. The van der Waals surface area contributed by atoms with Crippen molar-refractivity contribution in [3.8, 4) is 11.1 Å². The highest BCUT2D eigenvalue weighted by Gasteiger charge is 2.20. The van der Waals surface area contributed by atoms with Crippen molar-refractivity contribution in [2.75, 3.05) is 26.2 Å². The first-order chi connectivity index (χ1) is 11.7. The van der Waals surface area contributed by atoms with Gasteiger partial charge in [-0.3, -0.25) is 4.90 Å². The molecule has 0 aromatic heterocycles.